The maximum absolute atomic E-state index is 13.3. The SMILES string of the molecule is O=C(C[NH+]1CCCCC1)N1N=C2c3ccccc3CC[C@@H]2[C@@H]1c1cccs1. The Morgan fingerprint density at radius 2 is 2.00 bits per heavy atom. The number of carbonyl (C=O) groups is 1. The molecule has 27 heavy (non-hydrogen) atoms. The van der Waals surface area contributed by atoms with Crippen LogP contribution in [0.15, 0.2) is 46.9 Å². The minimum absolute atomic E-state index is 0.0741. The summed E-state index contributed by atoms with van der Waals surface area (Å²) < 4.78 is 0. The fourth-order valence-electron chi connectivity index (χ4n) is 4.93. The van der Waals surface area contributed by atoms with Gasteiger partial charge in [0.1, 0.15) is 0 Å². The average Bonchev–Trinajstić information content (AvgIpc) is 3.36. The Bertz CT molecular complexity index is 854. The van der Waals surface area contributed by atoms with Crippen LogP contribution >= 0.6 is 11.3 Å². The number of nitrogens with zero attached hydrogens (tertiary/aromatic N) is 2. The van der Waals surface area contributed by atoms with Crippen molar-refractivity contribution in [2.45, 2.75) is 38.1 Å². The Labute approximate surface area is 164 Å². The molecular weight excluding hydrogens is 354 g/mol. The van der Waals surface area contributed by atoms with Crippen LogP contribution in [0.4, 0.5) is 0 Å². The number of thiophene rings is 1. The number of nitrogens with one attached hydrogen (secondary N) is 1. The lowest BCUT2D eigenvalue weighted by molar-refractivity contribution is -0.897. The molecule has 0 bridgehead atoms. The second kappa shape index (κ2) is 7.21. The molecule has 0 saturated carbocycles. The topological polar surface area (TPSA) is 37.1 Å². The van der Waals surface area contributed by atoms with Crippen LogP contribution in [0.2, 0.25) is 0 Å². The zero-order valence-electron chi connectivity index (χ0n) is 15.6. The van der Waals surface area contributed by atoms with Gasteiger partial charge in [0.15, 0.2) is 6.54 Å². The highest BCUT2D eigenvalue weighted by Gasteiger charge is 2.44. The van der Waals surface area contributed by atoms with E-state index in [0.717, 1.165) is 31.6 Å². The third-order valence-corrected chi connectivity index (χ3v) is 7.22. The molecule has 3 aliphatic rings. The molecule has 1 N–H and O–H groups in total. The minimum atomic E-state index is 0.0741. The van der Waals surface area contributed by atoms with Gasteiger partial charge in [-0.2, -0.15) is 5.10 Å². The maximum atomic E-state index is 13.3. The molecule has 1 aromatic heterocycles. The van der Waals surface area contributed by atoms with Crippen molar-refractivity contribution in [3.05, 3.63) is 57.8 Å². The molecule has 140 valence electrons. The van der Waals surface area contributed by atoms with Gasteiger partial charge in [-0.25, -0.2) is 5.01 Å². The van der Waals surface area contributed by atoms with Crippen LogP contribution in [0.1, 0.15) is 47.7 Å². The van der Waals surface area contributed by atoms with Crippen molar-refractivity contribution in [1.29, 1.82) is 0 Å². The van der Waals surface area contributed by atoms with Gasteiger partial charge in [-0.1, -0.05) is 30.3 Å². The number of benzene rings is 1. The zero-order valence-corrected chi connectivity index (χ0v) is 16.4. The zero-order chi connectivity index (χ0) is 18.2. The Balaban J connectivity index is 1.48. The summed E-state index contributed by atoms with van der Waals surface area (Å²) in [5, 5.41) is 8.90. The van der Waals surface area contributed by atoms with E-state index >= 15 is 0 Å². The van der Waals surface area contributed by atoms with Crippen LogP contribution in [-0.2, 0) is 11.2 Å². The van der Waals surface area contributed by atoms with E-state index < -0.39 is 0 Å². The van der Waals surface area contributed by atoms with Crippen molar-refractivity contribution in [3.8, 4) is 0 Å². The highest BCUT2D eigenvalue weighted by Crippen LogP contribution is 2.44. The molecule has 1 aromatic carbocycles. The molecule has 1 fully saturated rings. The van der Waals surface area contributed by atoms with Gasteiger partial charge in [-0.05, 0) is 49.1 Å². The first-order valence-corrected chi connectivity index (χ1v) is 11.0. The maximum Gasteiger partial charge on any atom is 0.298 e. The molecule has 3 heterocycles. The number of quaternary nitrogens is 1. The van der Waals surface area contributed by atoms with Crippen molar-refractivity contribution in [1.82, 2.24) is 5.01 Å². The molecule has 2 aromatic rings. The predicted octanol–water partition coefficient (Wildman–Crippen LogP) is 2.67. The standard InChI is InChI=1S/C22H25N3OS/c26-20(15-24-12-4-1-5-13-24)25-22(19-9-6-14-27-19)18-11-10-16-7-2-3-8-17(16)21(18)23-25/h2-3,6-9,14,18,22H,1,4-5,10-13,15H2/p+1/t18-,22+/m0/s1. The smallest absolute Gasteiger partial charge is 0.298 e. The molecule has 0 spiro atoms. The van der Waals surface area contributed by atoms with E-state index in [-0.39, 0.29) is 11.9 Å². The number of aryl methyl sites for hydroxylation is 1. The number of hydrogen-bond donors (Lipinski definition) is 1. The molecule has 2 atom stereocenters. The monoisotopic (exact) mass is 380 g/mol. The van der Waals surface area contributed by atoms with E-state index in [0.29, 0.717) is 12.5 Å². The predicted molar refractivity (Wildman–Crippen MR) is 108 cm³/mol. The van der Waals surface area contributed by atoms with Gasteiger partial charge in [-0.15, -0.1) is 11.3 Å². The largest absolute Gasteiger partial charge is 0.327 e. The summed E-state index contributed by atoms with van der Waals surface area (Å²) in [6, 6.07) is 12.9. The van der Waals surface area contributed by atoms with E-state index in [1.807, 2.05) is 5.01 Å². The fourth-order valence-corrected chi connectivity index (χ4v) is 5.81. The molecule has 0 radical (unpaired) electrons. The van der Waals surface area contributed by atoms with Crippen molar-refractivity contribution in [2.75, 3.05) is 19.6 Å². The summed E-state index contributed by atoms with van der Waals surface area (Å²) in [6.45, 7) is 2.81. The summed E-state index contributed by atoms with van der Waals surface area (Å²) in [5.41, 5.74) is 3.74. The lowest BCUT2D eigenvalue weighted by Crippen LogP contribution is -3.13. The Morgan fingerprint density at radius 3 is 2.81 bits per heavy atom. The van der Waals surface area contributed by atoms with Crippen LogP contribution in [-0.4, -0.2) is 36.3 Å². The second-order valence-electron chi connectivity index (χ2n) is 7.97. The van der Waals surface area contributed by atoms with Gasteiger partial charge in [0.25, 0.3) is 5.91 Å². The number of amides is 1. The van der Waals surface area contributed by atoms with E-state index in [2.05, 4.69) is 41.8 Å². The van der Waals surface area contributed by atoms with Gasteiger partial charge < -0.3 is 4.90 Å². The van der Waals surface area contributed by atoms with Crippen molar-refractivity contribution in [3.63, 3.8) is 0 Å². The molecule has 5 heteroatoms. The number of rotatable bonds is 3. The number of piperidine rings is 1. The first kappa shape index (κ1) is 17.1. The Hall–Kier alpha value is -1.98. The minimum Gasteiger partial charge on any atom is -0.327 e. The number of hydrogen-bond acceptors (Lipinski definition) is 3. The third-order valence-electron chi connectivity index (χ3n) is 6.28. The lowest BCUT2D eigenvalue weighted by atomic mass is 9.79. The first-order valence-electron chi connectivity index (χ1n) is 10.2. The third kappa shape index (κ3) is 3.13. The number of carbonyl (C=O) groups excluding carboxylic acids is 1. The summed E-state index contributed by atoms with van der Waals surface area (Å²) in [6.07, 6.45) is 5.92. The molecule has 1 saturated heterocycles. The summed E-state index contributed by atoms with van der Waals surface area (Å²) in [7, 11) is 0. The molecular formula is C22H26N3OS+. The van der Waals surface area contributed by atoms with Crippen LogP contribution < -0.4 is 4.90 Å². The van der Waals surface area contributed by atoms with Gasteiger partial charge in [0.05, 0.1) is 24.8 Å². The van der Waals surface area contributed by atoms with Crippen molar-refractivity contribution >= 4 is 23.0 Å². The van der Waals surface area contributed by atoms with E-state index in [1.165, 1.54) is 40.2 Å². The second-order valence-corrected chi connectivity index (χ2v) is 8.95. The van der Waals surface area contributed by atoms with Gasteiger partial charge in [0, 0.05) is 16.4 Å². The lowest BCUT2D eigenvalue weighted by Gasteiger charge is -2.30. The summed E-state index contributed by atoms with van der Waals surface area (Å²) >= 11 is 1.75. The Morgan fingerprint density at radius 1 is 1.15 bits per heavy atom. The number of fused-ring (bicyclic) bond motifs is 3. The van der Waals surface area contributed by atoms with Gasteiger partial charge in [-0.3, -0.25) is 4.79 Å². The quantitative estimate of drug-likeness (QED) is 0.873. The van der Waals surface area contributed by atoms with Crippen LogP contribution in [0.3, 0.4) is 0 Å². The molecule has 2 aliphatic heterocycles. The van der Waals surface area contributed by atoms with Crippen LogP contribution in [0, 0.1) is 5.92 Å². The van der Waals surface area contributed by atoms with Crippen LogP contribution in [0.25, 0.3) is 0 Å². The number of likely N-dealkylation sites (tertiary alicyclic amines) is 1. The van der Waals surface area contributed by atoms with Gasteiger partial charge in [0.2, 0.25) is 0 Å². The number of hydrazone groups is 1. The highest BCUT2D eigenvalue weighted by molar-refractivity contribution is 7.10. The normalized spacial score (nSPS) is 25.0. The van der Waals surface area contributed by atoms with E-state index in [9.17, 15) is 4.79 Å². The highest BCUT2D eigenvalue weighted by atomic mass is 32.1. The molecule has 0 unspecified atom stereocenters. The van der Waals surface area contributed by atoms with Crippen molar-refractivity contribution < 1.29 is 9.69 Å². The molecule has 5 rings (SSSR count). The van der Waals surface area contributed by atoms with E-state index in [1.54, 1.807) is 11.3 Å². The average molecular weight is 381 g/mol. The Kier molecular flexibility index (Phi) is 4.58. The molecule has 1 amide bonds. The van der Waals surface area contributed by atoms with Crippen LogP contribution in [0.5, 0.6) is 0 Å². The van der Waals surface area contributed by atoms with E-state index in [4.69, 9.17) is 5.10 Å². The first-order chi connectivity index (χ1) is 13.3. The summed E-state index contributed by atoms with van der Waals surface area (Å²) in [5.74, 6) is 0.503. The molecule has 1 aliphatic carbocycles. The molecule has 4 nitrogen and oxygen atoms in total. The fraction of sp³-hybridized carbons (Fsp3) is 0.455. The summed E-state index contributed by atoms with van der Waals surface area (Å²) in [4.78, 5) is 16.0. The van der Waals surface area contributed by atoms with Gasteiger partial charge >= 0.3 is 0 Å². The van der Waals surface area contributed by atoms with Crippen molar-refractivity contribution in [2.24, 2.45) is 11.0 Å².